The molecule has 0 bridgehead atoms. The van der Waals surface area contributed by atoms with Crippen LogP contribution < -0.4 is 0 Å². The Morgan fingerprint density at radius 2 is 1.39 bits per heavy atom. The molecular formula is C24H26N4. The Morgan fingerprint density at radius 1 is 0.643 bits per heavy atom. The quantitative estimate of drug-likeness (QED) is 0.423. The number of aromatic nitrogens is 4. The van der Waals surface area contributed by atoms with Crippen LogP contribution in [0, 0.1) is 0 Å². The molecule has 0 atom stereocenters. The van der Waals surface area contributed by atoms with Crippen molar-refractivity contribution in [2.24, 2.45) is 0 Å². The minimum absolute atomic E-state index is 0.00542. The van der Waals surface area contributed by atoms with Gasteiger partial charge in [0.1, 0.15) is 0 Å². The molecule has 0 saturated carbocycles. The molecule has 4 rings (SSSR count). The van der Waals surface area contributed by atoms with E-state index in [1.165, 1.54) is 11.1 Å². The zero-order chi connectivity index (χ0) is 20.1. The van der Waals surface area contributed by atoms with E-state index in [0.29, 0.717) is 0 Å². The predicted molar refractivity (Wildman–Crippen MR) is 115 cm³/mol. The van der Waals surface area contributed by atoms with Gasteiger partial charge in [-0.15, -0.1) is 0 Å². The van der Waals surface area contributed by atoms with Gasteiger partial charge < -0.3 is 0 Å². The van der Waals surface area contributed by atoms with Crippen molar-refractivity contribution in [3.05, 3.63) is 60.3 Å². The van der Waals surface area contributed by atoms with Gasteiger partial charge in [0.25, 0.3) is 0 Å². The summed E-state index contributed by atoms with van der Waals surface area (Å²) in [5.74, 6) is 0. The lowest BCUT2D eigenvalue weighted by Crippen LogP contribution is -2.12. The third kappa shape index (κ3) is 3.35. The second-order valence-electron chi connectivity index (χ2n) is 9.46. The number of pyridine rings is 4. The maximum Gasteiger partial charge on any atom is 0.0888 e. The first kappa shape index (κ1) is 18.5. The van der Waals surface area contributed by atoms with Crippen LogP contribution in [0.1, 0.15) is 52.7 Å². The molecule has 0 saturated heterocycles. The minimum Gasteiger partial charge on any atom is -0.262 e. The monoisotopic (exact) mass is 370 g/mol. The smallest absolute Gasteiger partial charge is 0.0888 e. The van der Waals surface area contributed by atoms with Crippen molar-refractivity contribution in [3.63, 3.8) is 0 Å². The minimum atomic E-state index is -0.00542. The predicted octanol–water partition coefficient (Wildman–Crippen LogP) is 5.84. The molecule has 0 unspecified atom stereocenters. The van der Waals surface area contributed by atoms with Crippen molar-refractivity contribution in [3.8, 4) is 11.3 Å². The fraction of sp³-hybridized carbons (Fsp3) is 0.333. The van der Waals surface area contributed by atoms with Gasteiger partial charge in [-0.25, -0.2) is 0 Å². The number of fused-ring (bicyclic) bond motifs is 2. The van der Waals surface area contributed by atoms with Crippen molar-refractivity contribution < 1.29 is 0 Å². The summed E-state index contributed by atoms with van der Waals surface area (Å²) in [4.78, 5) is 18.4. The lowest BCUT2D eigenvalue weighted by molar-refractivity contribution is 0.588. The van der Waals surface area contributed by atoms with Gasteiger partial charge in [0, 0.05) is 41.1 Å². The first-order chi connectivity index (χ1) is 13.1. The van der Waals surface area contributed by atoms with Gasteiger partial charge >= 0.3 is 0 Å². The summed E-state index contributed by atoms with van der Waals surface area (Å²) in [6.07, 6.45) is 9.51. The summed E-state index contributed by atoms with van der Waals surface area (Å²) in [6, 6.07) is 6.39. The van der Waals surface area contributed by atoms with Crippen molar-refractivity contribution in [2.45, 2.75) is 52.4 Å². The van der Waals surface area contributed by atoms with Crippen molar-refractivity contribution in [2.75, 3.05) is 0 Å². The van der Waals surface area contributed by atoms with Gasteiger partial charge in [-0.2, -0.15) is 0 Å². The van der Waals surface area contributed by atoms with Crippen LogP contribution in [0.15, 0.2) is 49.2 Å². The summed E-state index contributed by atoms with van der Waals surface area (Å²) >= 11 is 0. The Hall–Kier alpha value is -2.88. The number of rotatable bonds is 1. The first-order valence-corrected chi connectivity index (χ1v) is 9.64. The van der Waals surface area contributed by atoms with Crippen LogP contribution in [-0.2, 0) is 10.8 Å². The Kier molecular flexibility index (Phi) is 4.18. The molecule has 4 heteroatoms. The van der Waals surface area contributed by atoms with E-state index in [4.69, 9.17) is 4.98 Å². The Balaban J connectivity index is 1.84. The lowest BCUT2D eigenvalue weighted by atomic mass is 9.85. The molecule has 0 N–H and O–H groups in total. The molecule has 28 heavy (non-hydrogen) atoms. The molecule has 0 aromatic carbocycles. The van der Waals surface area contributed by atoms with Crippen LogP contribution in [0.5, 0.6) is 0 Å². The molecule has 4 heterocycles. The second kappa shape index (κ2) is 6.33. The first-order valence-electron chi connectivity index (χ1n) is 9.64. The van der Waals surface area contributed by atoms with Crippen LogP contribution in [0.3, 0.4) is 0 Å². The number of nitrogens with zero attached hydrogens (tertiary/aromatic N) is 4. The molecule has 0 spiro atoms. The van der Waals surface area contributed by atoms with Crippen molar-refractivity contribution in [1.82, 2.24) is 19.9 Å². The van der Waals surface area contributed by atoms with Crippen LogP contribution in [0.4, 0.5) is 0 Å². The Bertz CT molecular complexity index is 1180. The van der Waals surface area contributed by atoms with Crippen molar-refractivity contribution >= 4 is 21.8 Å². The number of hydrogen-bond acceptors (Lipinski definition) is 4. The van der Waals surface area contributed by atoms with Crippen LogP contribution in [0.2, 0.25) is 0 Å². The van der Waals surface area contributed by atoms with E-state index in [1.807, 2.05) is 37.1 Å². The average molecular weight is 371 g/mol. The molecule has 4 aromatic rings. The zero-order valence-electron chi connectivity index (χ0n) is 17.4. The normalized spacial score (nSPS) is 12.6. The summed E-state index contributed by atoms with van der Waals surface area (Å²) in [5, 5.41) is 2.18. The summed E-state index contributed by atoms with van der Waals surface area (Å²) in [7, 11) is 0. The third-order valence-electron chi connectivity index (χ3n) is 5.14. The lowest BCUT2D eigenvalue weighted by Gasteiger charge is -2.20. The molecule has 0 aliphatic heterocycles. The summed E-state index contributed by atoms with van der Waals surface area (Å²) in [6.45, 7) is 13.2. The topological polar surface area (TPSA) is 51.6 Å². The maximum absolute atomic E-state index is 4.70. The molecule has 0 fully saturated rings. The molecular weight excluding hydrogens is 344 g/mol. The molecule has 0 radical (unpaired) electrons. The highest BCUT2D eigenvalue weighted by Crippen LogP contribution is 2.31. The standard InChI is InChI=1S/C24H26N4/c1-23(2,3)17-7-15-10-26-21(9-20(15)28-12-17)16-8-18-19(24(4,5)6)13-25-14-22(18)27-11-16/h7-14H,1-6H3. The van der Waals surface area contributed by atoms with E-state index in [-0.39, 0.29) is 10.8 Å². The van der Waals surface area contributed by atoms with Gasteiger partial charge in [-0.05, 0) is 40.2 Å². The van der Waals surface area contributed by atoms with Gasteiger partial charge in [-0.1, -0.05) is 41.5 Å². The second-order valence-corrected chi connectivity index (χ2v) is 9.46. The van der Waals surface area contributed by atoms with Crippen LogP contribution in [-0.4, -0.2) is 19.9 Å². The van der Waals surface area contributed by atoms with E-state index in [1.54, 1.807) is 0 Å². The zero-order valence-corrected chi connectivity index (χ0v) is 17.4. The SMILES string of the molecule is CC(C)(C)c1cnc2cc(-c3cnc4cncc(C(C)(C)C)c4c3)ncc2c1. The highest BCUT2D eigenvalue weighted by atomic mass is 14.7. The molecule has 0 aliphatic rings. The Labute approximate surface area is 166 Å². The van der Waals surface area contributed by atoms with E-state index in [0.717, 1.165) is 33.1 Å². The van der Waals surface area contributed by atoms with E-state index in [2.05, 4.69) is 68.6 Å². The molecule has 0 aliphatic carbocycles. The van der Waals surface area contributed by atoms with Gasteiger partial charge in [0.15, 0.2) is 0 Å². The van der Waals surface area contributed by atoms with E-state index in [9.17, 15) is 0 Å². The maximum atomic E-state index is 4.70. The largest absolute Gasteiger partial charge is 0.262 e. The third-order valence-corrected chi connectivity index (χ3v) is 5.14. The summed E-state index contributed by atoms with van der Waals surface area (Å²) in [5.41, 5.74) is 6.20. The summed E-state index contributed by atoms with van der Waals surface area (Å²) < 4.78 is 0. The van der Waals surface area contributed by atoms with Crippen LogP contribution >= 0.6 is 0 Å². The fourth-order valence-corrected chi connectivity index (χ4v) is 3.37. The van der Waals surface area contributed by atoms with Crippen LogP contribution in [0.25, 0.3) is 33.1 Å². The van der Waals surface area contributed by atoms with Gasteiger partial charge in [-0.3, -0.25) is 19.9 Å². The van der Waals surface area contributed by atoms with Gasteiger partial charge in [0.2, 0.25) is 0 Å². The highest BCUT2D eigenvalue weighted by Gasteiger charge is 2.19. The molecule has 0 amide bonds. The van der Waals surface area contributed by atoms with Gasteiger partial charge in [0.05, 0.1) is 22.9 Å². The molecule has 142 valence electrons. The molecule has 4 aromatic heterocycles. The Morgan fingerprint density at radius 3 is 2.11 bits per heavy atom. The average Bonchev–Trinajstić information content (AvgIpc) is 2.64. The van der Waals surface area contributed by atoms with E-state index >= 15 is 0 Å². The molecule has 4 nitrogen and oxygen atoms in total. The van der Waals surface area contributed by atoms with Crippen molar-refractivity contribution in [1.29, 1.82) is 0 Å². The highest BCUT2D eigenvalue weighted by molar-refractivity contribution is 5.88. The number of hydrogen-bond donors (Lipinski definition) is 0. The fourth-order valence-electron chi connectivity index (χ4n) is 3.37. The van der Waals surface area contributed by atoms with E-state index < -0.39 is 0 Å².